The molecule has 1 unspecified atom stereocenters. The van der Waals surface area contributed by atoms with Gasteiger partial charge in [0.05, 0.1) is 13.2 Å². The predicted octanol–water partition coefficient (Wildman–Crippen LogP) is 2.90. The van der Waals surface area contributed by atoms with Gasteiger partial charge in [0.2, 0.25) is 0 Å². The third-order valence-electron chi connectivity index (χ3n) is 3.79. The molecule has 0 fully saturated rings. The number of hydrogen-bond donors (Lipinski definition) is 0. The van der Waals surface area contributed by atoms with Crippen LogP contribution in [0.25, 0.3) is 0 Å². The van der Waals surface area contributed by atoms with Crippen LogP contribution in [-0.4, -0.2) is 27.0 Å². The molecule has 122 valence electrons. The van der Waals surface area contributed by atoms with Gasteiger partial charge in [-0.2, -0.15) is 10.0 Å². The number of benzene rings is 1. The summed E-state index contributed by atoms with van der Waals surface area (Å²) in [5.41, 5.74) is 1.57. The molecule has 3 rings (SSSR count). The number of fused-ring (bicyclic) bond motifs is 1. The molecule has 2 heterocycles. The van der Waals surface area contributed by atoms with Crippen LogP contribution in [0.5, 0.6) is 11.5 Å². The van der Waals surface area contributed by atoms with E-state index >= 15 is 0 Å². The smallest absolute Gasteiger partial charge is 0.165 e. The fraction of sp³-hybridized carbons (Fsp3) is 0.500. The molecule has 0 radical (unpaired) electrons. The molecule has 0 saturated heterocycles. The highest BCUT2D eigenvalue weighted by molar-refractivity contribution is 5.53. The molecule has 0 N–H and O–H groups in total. The second-order valence-electron chi connectivity index (χ2n) is 6.22. The van der Waals surface area contributed by atoms with Crippen LogP contribution in [0, 0.1) is 4.91 Å². The molecule has 0 bridgehead atoms. The van der Waals surface area contributed by atoms with Gasteiger partial charge < -0.3 is 9.47 Å². The lowest BCUT2D eigenvalue weighted by atomic mass is 9.97. The van der Waals surface area contributed by atoms with Crippen molar-refractivity contribution in [2.24, 2.45) is 5.18 Å². The summed E-state index contributed by atoms with van der Waals surface area (Å²) in [5, 5.41) is 7.30. The lowest BCUT2D eigenvalue weighted by Crippen LogP contribution is -2.24. The Balaban J connectivity index is 1.96. The van der Waals surface area contributed by atoms with Crippen LogP contribution in [-0.2, 0) is 13.0 Å². The van der Waals surface area contributed by atoms with Crippen molar-refractivity contribution in [1.29, 1.82) is 0 Å². The van der Waals surface area contributed by atoms with Crippen LogP contribution in [0.4, 0.5) is 0 Å². The minimum absolute atomic E-state index is 0.275. The second kappa shape index (κ2) is 5.98. The zero-order chi connectivity index (χ0) is 16.4. The maximum absolute atomic E-state index is 11.3. The molecule has 0 saturated carbocycles. The van der Waals surface area contributed by atoms with Gasteiger partial charge in [-0.3, -0.25) is 4.68 Å². The van der Waals surface area contributed by atoms with Gasteiger partial charge in [0.25, 0.3) is 0 Å². The summed E-state index contributed by atoms with van der Waals surface area (Å²) in [4.78, 5) is 15.2. The van der Waals surface area contributed by atoms with E-state index in [1.165, 1.54) is 6.33 Å². The third-order valence-corrected chi connectivity index (χ3v) is 3.79. The van der Waals surface area contributed by atoms with E-state index in [-0.39, 0.29) is 5.60 Å². The fourth-order valence-corrected chi connectivity index (χ4v) is 2.86. The van der Waals surface area contributed by atoms with E-state index in [1.54, 1.807) is 11.0 Å². The Hall–Kier alpha value is -2.44. The van der Waals surface area contributed by atoms with Crippen LogP contribution in [0.2, 0.25) is 0 Å². The van der Waals surface area contributed by atoms with Crippen molar-refractivity contribution in [3.63, 3.8) is 0 Å². The van der Waals surface area contributed by atoms with Crippen molar-refractivity contribution >= 4 is 0 Å². The standard InChI is InChI=1S/C16H20N4O3/c1-4-22-14-6-11(5-12-7-16(2,3)23-15(12)14)13(19-21)8-20-10-17-9-18-20/h5-6,9-10,13H,4,7-8H2,1-3H3. The first kappa shape index (κ1) is 15.5. The molecule has 2 aromatic rings. The van der Waals surface area contributed by atoms with Crippen LogP contribution in [0.3, 0.4) is 0 Å². The number of aromatic nitrogens is 3. The Labute approximate surface area is 134 Å². The van der Waals surface area contributed by atoms with Gasteiger partial charge in [0, 0.05) is 12.0 Å². The van der Waals surface area contributed by atoms with E-state index in [9.17, 15) is 4.91 Å². The van der Waals surface area contributed by atoms with E-state index in [2.05, 4.69) is 15.3 Å². The zero-order valence-corrected chi connectivity index (χ0v) is 13.5. The van der Waals surface area contributed by atoms with Crippen LogP contribution < -0.4 is 9.47 Å². The highest BCUT2D eigenvalue weighted by Crippen LogP contribution is 2.44. The van der Waals surface area contributed by atoms with E-state index in [1.807, 2.05) is 32.9 Å². The Kier molecular flexibility index (Phi) is 4.02. The Morgan fingerprint density at radius 3 is 2.96 bits per heavy atom. The topological polar surface area (TPSA) is 78.6 Å². The molecule has 7 nitrogen and oxygen atoms in total. The fourth-order valence-electron chi connectivity index (χ4n) is 2.86. The van der Waals surface area contributed by atoms with Gasteiger partial charge in [-0.25, -0.2) is 4.98 Å². The molecule has 23 heavy (non-hydrogen) atoms. The molecule has 0 spiro atoms. The zero-order valence-electron chi connectivity index (χ0n) is 13.5. The van der Waals surface area contributed by atoms with Crippen LogP contribution in [0.15, 0.2) is 30.0 Å². The van der Waals surface area contributed by atoms with E-state index in [0.29, 0.717) is 18.9 Å². The van der Waals surface area contributed by atoms with Gasteiger partial charge in [-0.05, 0) is 38.5 Å². The number of hydrogen-bond acceptors (Lipinski definition) is 6. The maximum Gasteiger partial charge on any atom is 0.165 e. The molecule has 1 aromatic carbocycles. The maximum atomic E-state index is 11.3. The van der Waals surface area contributed by atoms with Crippen LogP contribution >= 0.6 is 0 Å². The summed E-state index contributed by atoms with van der Waals surface area (Å²) in [7, 11) is 0. The average molecular weight is 316 g/mol. The number of ether oxygens (including phenoxy) is 2. The molecule has 1 aliphatic heterocycles. The van der Waals surface area contributed by atoms with Crippen molar-refractivity contribution < 1.29 is 9.47 Å². The number of rotatable bonds is 6. The number of nitrogens with zero attached hydrogens (tertiary/aromatic N) is 4. The average Bonchev–Trinajstić information content (AvgIpc) is 3.10. The van der Waals surface area contributed by atoms with Crippen molar-refractivity contribution in [3.05, 3.63) is 40.8 Å². The van der Waals surface area contributed by atoms with Gasteiger partial charge >= 0.3 is 0 Å². The first-order valence-corrected chi connectivity index (χ1v) is 7.66. The summed E-state index contributed by atoms with van der Waals surface area (Å²) in [6.07, 6.45) is 3.78. The summed E-state index contributed by atoms with van der Waals surface area (Å²) in [6.45, 7) is 6.87. The Morgan fingerprint density at radius 2 is 2.30 bits per heavy atom. The molecular weight excluding hydrogens is 296 g/mol. The molecule has 7 heteroatoms. The lowest BCUT2D eigenvalue weighted by Gasteiger charge is -2.18. The predicted molar refractivity (Wildman–Crippen MR) is 84.6 cm³/mol. The van der Waals surface area contributed by atoms with Crippen molar-refractivity contribution in [2.45, 2.75) is 45.4 Å². The third kappa shape index (κ3) is 3.18. The quantitative estimate of drug-likeness (QED) is 0.766. The summed E-state index contributed by atoms with van der Waals surface area (Å²) >= 11 is 0. The van der Waals surface area contributed by atoms with E-state index in [4.69, 9.17) is 9.47 Å². The lowest BCUT2D eigenvalue weighted by molar-refractivity contribution is 0.132. The van der Waals surface area contributed by atoms with Gasteiger partial charge in [-0.1, -0.05) is 5.18 Å². The Morgan fingerprint density at radius 1 is 1.48 bits per heavy atom. The number of nitroso groups, excluding NO2 is 1. The minimum Gasteiger partial charge on any atom is -0.490 e. The van der Waals surface area contributed by atoms with Gasteiger partial charge in [-0.15, -0.1) is 0 Å². The van der Waals surface area contributed by atoms with Crippen LogP contribution in [0.1, 0.15) is 37.9 Å². The van der Waals surface area contributed by atoms with E-state index < -0.39 is 6.04 Å². The minimum atomic E-state index is -0.551. The first-order valence-electron chi connectivity index (χ1n) is 7.66. The van der Waals surface area contributed by atoms with Crippen molar-refractivity contribution in [3.8, 4) is 11.5 Å². The molecule has 1 atom stereocenters. The highest BCUT2D eigenvalue weighted by atomic mass is 16.5. The summed E-state index contributed by atoms with van der Waals surface area (Å²) < 4.78 is 13.3. The van der Waals surface area contributed by atoms with Gasteiger partial charge in [0.15, 0.2) is 11.5 Å². The first-order chi connectivity index (χ1) is 11.0. The SMILES string of the molecule is CCOc1cc(C(Cn2cncn2)N=O)cc2c1OC(C)(C)C2. The summed E-state index contributed by atoms with van der Waals surface area (Å²) in [5.74, 6) is 1.43. The largest absolute Gasteiger partial charge is 0.490 e. The molecule has 1 aliphatic rings. The second-order valence-corrected chi connectivity index (χ2v) is 6.22. The van der Waals surface area contributed by atoms with Gasteiger partial charge in [0.1, 0.15) is 24.3 Å². The summed E-state index contributed by atoms with van der Waals surface area (Å²) in [6, 6.07) is 3.27. The highest BCUT2D eigenvalue weighted by Gasteiger charge is 2.34. The van der Waals surface area contributed by atoms with E-state index in [0.717, 1.165) is 23.3 Å². The molecule has 1 aromatic heterocycles. The molecular formula is C16H20N4O3. The molecule has 0 amide bonds. The normalized spacial score (nSPS) is 16.5. The van der Waals surface area contributed by atoms with Crippen molar-refractivity contribution in [1.82, 2.24) is 14.8 Å². The Bertz CT molecular complexity index is 698. The monoisotopic (exact) mass is 316 g/mol. The van der Waals surface area contributed by atoms with Crippen molar-refractivity contribution in [2.75, 3.05) is 6.61 Å². The molecule has 0 aliphatic carbocycles.